The monoisotopic (exact) mass is 414 g/mol. The van der Waals surface area contributed by atoms with Crippen molar-refractivity contribution in [2.45, 2.75) is 31.2 Å². The highest BCUT2D eigenvalue weighted by Gasteiger charge is 2.29. The minimum atomic E-state index is -3.65. The van der Waals surface area contributed by atoms with Crippen LogP contribution in [0.5, 0.6) is 0 Å². The van der Waals surface area contributed by atoms with Crippen LogP contribution in [-0.2, 0) is 16.6 Å². The van der Waals surface area contributed by atoms with Gasteiger partial charge in [0.15, 0.2) is 11.4 Å². The van der Waals surface area contributed by atoms with Crippen LogP contribution in [0.4, 0.5) is 0 Å². The molecule has 0 atom stereocenters. The molecule has 2 heterocycles. The van der Waals surface area contributed by atoms with Crippen molar-refractivity contribution in [3.8, 4) is 0 Å². The number of rotatable bonds is 5. The van der Waals surface area contributed by atoms with E-state index in [0.717, 1.165) is 12.8 Å². The maximum absolute atomic E-state index is 12.9. The van der Waals surface area contributed by atoms with E-state index in [9.17, 15) is 18.0 Å². The van der Waals surface area contributed by atoms with Gasteiger partial charge in [-0.25, -0.2) is 13.2 Å². The average Bonchev–Trinajstić information content (AvgIpc) is 3.03. The van der Waals surface area contributed by atoms with Gasteiger partial charge in [0.05, 0.1) is 17.0 Å². The number of Topliss-reactive ketones (excluding diaryl/α,β-unsaturated/α-hetero) is 1. The topological polar surface area (TPSA) is 89.6 Å². The zero-order valence-corrected chi connectivity index (χ0v) is 16.9. The molecule has 0 amide bonds. The first kappa shape index (κ1) is 19.6. The molecule has 152 valence electrons. The zero-order valence-electron chi connectivity index (χ0n) is 16.1. The highest BCUT2D eigenvalue weighted by molar-refractivity contribution is 7.89. The van der Waals surface area contributed by atoms with Crippen LogP contribution in [0.3, 0.4) is 0 Å². The fourth-order valence-corrected chi connectivity index (χ4v) is 5.08. The number of hydrogen-bond acceptors (Lipinski definition) is 5. The predicted molar refractivity (Wildman–Crippen MR) is 108 cm³/mol. The highest BCUT2D eigenvalue weighted by Crippen LogP contribution is 2.26. The molecule has 4 rings (SSSR count). The highest BCUT2D eigenvalue weighted by atomic mass is 32.2. The third-order valence-electron chi connectivity index (χ3n) is 5.42. The summed E-state index contributed by atoms with van der Waals surface area (Å²) in [5.74, 6) is -0.404. The summed E-state index contributed by atoms with van der Waals surface area (Å²) < 4.78 is 33.8. The van der Waals surface area contributed by atoms with Gasteiger partial charge in [-0.1, -0.05) is 37.3 Å². The molecular formula is C21H22N2O5S. The van der Waals surface area contributed by atoms with Gasteiger partial charge in [-0.3, -0.25) is 9.36 Å². The molecule has 1 aromatic heterocycles. The summed E-state index contributed by atoms with van der Waals surface area (Å²) in [6.45, 7) is 2.91. The Morgan fingerprint density at radius 2 is 1.79 bits per heavy atom. The Kier molecular flexibility index (Phi) is 5.14. The van der Waals surface area contributed by atoms with E-state index in [1.54, 1.807) is 30.3 Å². The lowest BCUT2D eigenvalue weighted by atomic mass is 10.0. The molecule has 1 aliphatic heterocycles. The van der Waals surface area contributed by atoms with E-state index in [0.29, 0.717) is 30.1 Å². The lowest BCUT2D eigenvalue weighted by molar-refractivity contribution is 0.0970. The summed E-state index contributed by atoms with van der Waals surface area (Å²) in [6, 6.07) is 13.0. The molecule has 0 bridgehead atoms. The minimum absolute atomic E-state index is 0.0924. The van der Waals surface area contributed by atoms with E-state index >= 15 is 0 Å². The van der Waals surface area contributed by atoms with E-state index < -0.39 is 15.8 Å². The lowest BCUT2D eigenvalue weighted by Crippen LogP contribution is -2.37. The Morgan fingerprint density at radius 1 is 1.10 bits per heavy atom. The van der Waals surface area contributed by atoms with Crippen LogP contribution in [0.25, 0.3) is 11.1 Å². The Hall–Kier alpha value is -2.71. The summed E-state index contributed by atoms with van der Waals surface area (Å²) in [6.07, 6.45) is 1.66. The van der Waals surface area contributed by atoms with Gasteiger partial charge in [-0.15, -0.1) is 0 Å². The van der Waals surface area contributed by atoms with Gasteiger partial charge >= 0.3 is 5.76 Å². The number of hydrogen-bond donors (Lipinski definition) is 0. The Labute approximate surface area is 168 Å². The molecule has 0 radical (unpaired) electrons. The van der Waals surface area contributed by atoms with Gasteiger partial charge in [0.2, 0.25) is 10.0 Å². The molecular weight excluding hydrogens is 392 g/mol. The van der Waals surface area contributed by atoms with Crippen LogP contribution in [0, 0.1) is 5.92 Å². The fraction of sp³-hybridized carbons (Fsp3) is 0.333. The third-order valence-corrected chi connectivity index (χ3v) is 7.31. The van der Waals surface area contributed by atoms with Crippen molar-refractivity contribution >= 4 is 26.9 Å². The summed E-state index contributed by atoms with van der Waals surface area (Å²) in [5.41, 5.74) is 1.04. The van der Waals surface area contributed by atoms with Crippen LogP contribution < -0.4 is 5.76 Å². The summed E-state index contributed by atoms with van der Waals surface area (Å²) in [5, 5.41) is 0. The first-order chi connectivity index (χ1) is 13.9. The quantitative estimate of drug-likeness (QED) is 0.599. The first-order valence-corrected chi connectivity index (χ1v) is 11.0. The molecule has 3 aromatic rings. The number of aromatic nitrogens is 1. The molecule has 0 aliphatic carbocycles. The number of nitrogens with zero attached hydrogens (tertiary/aromatic N) is 2. The normalized spacial score (nSPS) is 16.3. The minimum Gasteiger partial charge on any atom is -0.408 e. The number of ketones is 1. The first-order valence-electron chi connectivity index (χ1n) is 9.58. The van der Waals surface area contributed by atoms with Crippen molar-refractivity contribution in [3.63, 3.8) is 0 Å². The fourth-order valence-electron chi connectivity index (χ4n) is 3.59. The molecule has 29 heavy (non-hydrogen) atoms. The smallest absolute Gasteiger partial charge is 0.408 e. The van der Waals surface area contributed by atoms with Gasteiger partial charge in [-0.05, 0) is 30.9 Å². The van der Waals surface area contributed by atoms with E-state index in [-0.39, 0.29) is 22.8 Å². The zero-order chi connectivity index (χ0) is 20.6. The summed E-state index contributed by atoms with van der Waals surface area (Å²) in [7, 11) is -3.65. The van der Waals surface area contributed by atoms with E-state index in [4.69, 9.17) is 4.42 Å². The van der Waals surface area contributed by atoms with Gasteiger partial charge in [0, 0.05) is 24.7 Å². The van der Waals surface area contributed by atoms with Crippen LogP contribution in [0.2, 0.25) is 0 Å². The van der Waals surface area contributed by atoms with Gasteiger partial charge in [0.25, 0.3) is 0 Å². The van der Waals surface area contributed by atoms with Crippen molar-refractivity contribution in [2.75, 3.05) is 13.1 Å². The lowest BCUT2D eigenvalue weighted by Gasteiger charge is -2.29. The molecule has 7 nitrogen and oxygen atoms in total. The van der Waals surface area contributed by atoms with Crippen molar-refractivity contribution < 1.29 is 17.6 Å². The van der Waals surface area contributed by atoms with E-state index in [2.05, 4.69) is 6.92 Å². The number of fused-ring (bicyclic) bond motifs is 1. The standard InChI is InChI=1S/C21H22N2O5S/c1-15-9-11-22(12-10-15)29(26,27)17-7-8-18-20(13-17)28-21(25)23(18)14-19(24)16-5-3-2-4-6-16/h2-8,13,15H,9-12,14H2,1H3. The summed E-state index contributed by atoms with van der Waals surface area (Å²) in [4.78, 5) is 24.8. The van der Waals surface area contributed by atoms with E-state index in [1.807, 2.05) is 0 Å². The SMILES string of the molecule is CC1CCN(S(=O)(=O)c2ccc3c(c2)oc(=O)n3CC(=O)c2ccccc2)CC1. The molecule has 1 fully saturated rings. The Balaban J connectivity index is 1.65. The number of carbonyl (C=O) groups is 1. The second-order valence-corrected chi connectivity index (χ2v) is 9.40. The Morgan fingerprint density at radius 3 is 2.48 bits per heavy atom. The second-order valence-electron chi connectivity index (χ2n) is 7.46. The number of oxazole rings is 1. The van der Waals surface area contributed by atoms with Crippen LogP contribution >= 0.6 is 0 Å². The van der Waals surface area contributed by atoms with Crippen molar-refractivity contribution in [2.24, 2.45) is 5.92 Å². The van der Waals surface area contributed by atoms with Crippen LogP contribution in [0.15, 0.2) is 62.6 Å². The maximum Gasteiger partial charge on any atom is 0.420 e. The number of benzene rings is 2. The molecule has 0 saturated carbocycles. The largest absolute Gasteiger partial charge is 0.420 e. The van der Waals surface area contributed by atoms with Crippen molar-refractivity contribution in [1.82, 2.24) is 8.87 Å². The molecule has 1 saturated heterocycles. The Bertz CT molecular complexity index is 1200. The number of carbonyl (C=O) groups excluding carboxylic acids is 1. The van der Waals surface area contributed by atoms with Gasteiger partial charge in [-0.2, -0.15) is 4.31 Å². The number of sulfonamides is 1. The molecule has 1 aliphatic rings. The maximum atomic E-state index is 12.9. The molecule has 2 aromatic carbocycles. The van der Waals surface area contributed by atoms with Crippen molar-refractivity contribution in [3.05, 3.63) is 64.6 Å². The molecule has 8 heteroatoms. The number of piperidine rings is 1. The van der Waals surface area contributed by atoms with Crippen molar-refractivity contribution in [1.29, 1.82) is 0 Å². The second kappa shape index (κ2) is 7.61. The molecule has 0 unspecified atom stereocenters. The van der Waals surface area contributed by atoms with E-state index in [1.165, 1.54) is 27.1 Å². The summed E-state index contributed by atoms with van der Waals surface area (Å²) >= 11 is 0. The van der Waals surface area contributed by atoms with Crippen LogP contribution in [-0.4, -0.2) is 36.2 Å². The average molecular weight is 414 g/mol. The predicted octanol–water partition coefficient (Wildman–Crippen LogP) is 2.90. The molecule has 0 N–H and O–H groups in total. The third kappa shape index (κ3) is 3.77. The van der Waals surface area contributed by atoms with Gasteiger partial charge in [0.1, 0.15) is 0 Å². The molecule has 0 spiro atoms. The van der Waals surface area contributed by atoms with Crippen LogP contribution in [0.1, 0.15) is 30.1 Å². The van der Waals surface area contributed by atoms with Gasteiger partial charge < -0.3 is 4.42 Å².